The van der Waals surface area contributed by atoms with Crippen LogP contribution >= 0.6 is 11.3 Å². The molecule has 0 saturated carbocycles. The van der Waals surface area contributed by atoms with Crippen LogP contribution in [0.2, 0.25) is 0 Å². The van der Waals surface area contributed by atoms with Crippen molar-refractivity contribution < 1.29 is 9.32 Å². The van der Waals surface area contributed by atoms with Crippen molar-refractivity contribution in [3.8, 4) is 0 Å². The molecule has 0 aliphatic carbocycles. The standard InChI is InChI=1S/C14H14N6O2S/c1-7-5-8-12(16-6-17-14(8)23-7)20-4-2-3-9(20)13-18-11(10(15)21)19-22-13/h5-6,9H,2-4H2,1H3,(H2,15,21)/t9-/m0/s1. The van der Waals surface area contributed by atoms with Gasteiger partial charge in [0.2, 0.25) is 5.89 Å². The van der Waals surface area contributed by atoms with Crippen molar-refractivity contribution in [3.63, 3.8) is 0 Å². The minimum absolute atomic E-state index is 0.0916. The number of primary amides is 1. The number of thiophene rings is 1. The van der Waals surface area contributed by atoms with Crippen molar-refractivity contribution >= 4 is 33.3 Å². The molecule has 9 heteroatoms. The lowest BCUT2D eigenvalue weighted by Crippen LogP contribution is -2.24. The summed E-state index contributed by atoms with van der Waals surface area (Å²) in [5.74, 6) is 0.476. The molecule has 0 spiro atoms. The Morgan fingerprint density at radius 2 is 2.35 bits per heavy atom. The molecule has 0 bridgehead atoms. The number of hydrogen-bond donors (Lipinski definition) is 1. The molecule has 1 saturated heterocycles. The van der Waals surface area contributed by atoms with Gasteiger partial charge in [-0.3, -0.25) is 4.79 Å². The Bertz CT molecular complexity index is 888. The van der Waals surface area contributed by atoms with Crippen LogP contribution < -0.4 is 10.6 Å². The van der Waals surface area contributed by atoms with Crippen LogP contribution in [-0.4, -0.2) is 32.6 Å². The van der Waals surface area contributed by atoms with Crippen LogP contribution in [0.15, 0.2) is 16.9 Å². The number of amides is 1. The Hall–Kier alpha value is -2.55. The van der Waals surface area contributed by atoms with Gasteiger partial charge < -0.3 is 15.2 Å². The Morgan fingerprint density at radius 1 is 1.48 bits per heavy atom. The summed E-state index contributed by atoms with van der Waals surface area (Å²) in [6.45, 7) is 2.88. The lowest BCUT2D eigenvalue weighted by atomic mass is 10.2. The van der Waals surface area contributed by atoms with Crippen molar-refractivity contribution in [3.05, 3.63) is 29.0 Å². The van der Waals surface area contributed by atoms with Crippen molar-refractivity contribution in [1.29, 1.82) is 0 Å². The van der Waals surface area contributed by atoms with Crippen LogP contribution in [0.4, 0.5) is 5.82 Å². The molecule has 0 aromatic carbocycles. The number of fused-ring (bicyclic) bond motifs is 1. The number of nitrogens with zero attached hydrogens (tertiary/aromatic N) is 5. The number of rotatable bonds is 3. The van der Waals surface area contributed by atoms with E-state index in [2.05, 4.69) is 38.0 Å². The predicted molar refractivity (Wildman–Crippen MR) is 84.3 cm³/mol. The quantitative estimate of drug-likeness (QED) is 0.779. The number of aryl methyl sites for hydroxylation is 1. The SMILES string of the molecule is Cc1cc2c(N3CCC[C@H]3c3nc(C(N)=O)no3)ncnc2s1. The first-order chi connectivity index (χ1) is 11.1. The Morgan fingerprint density at radius 3 is 3.13 bits per heavy atom. The van der Waals surface area contributed by atoms with Gasteiger partial charge in [-0.2, -0.15) is 4.98 Å². The van der Waals surface area contributed by atoms with Gasteiger partial charge in [0, 0.05) is 11.4 Å². The van der Waals surface area contributed by atoms with E-state index in [1.807, 2.05) is 0 Å². The van der Waals surface area contributed by atoms with Crippen molar-refractivity contribution in [2.24, 2.45) is 5.73 Å². The first-order valence-electron chi connectivity index (χ1n) is 7.24. The third-order valence-electron chi connectivity index (χ3n) is 3.90. The van der Waals surface area contributed by atoms with Crippen LogP contribution in [0.25, 0.3) is 10.2 Å². The van der Waals surface area contributed by atoms with Gasteiger partial charge in [-0.1, -0.05) is 5.16 Å². The molecule has 1 atom stereocenters. The highest BCUT2D eigenvalue weighted by Gasteiger charge is 2.33. The lowest BCUT2D eigenvalue weighted by Gasteiger charge is -2.23. The van der Waals surface area contributed by atoms with Crippen LogP contribution in [0.3, 0.4) is 0 Å². The average Bonchev–Trinajstić information content (AvgIpc) is 3.24. The van der Waals surface area contributed by atoms with Crippen molar-refractivity contribution in [1.82, 2.24) is 20.1 Å². The van der Waals surface area contributed by atoms with E-state index in [1.54, 1.807) is 17.7 Å². The fourth-order valence-corrected chi connectivity index (χ4v) is 3.78. The van der Waals surface area contributed by atoms with E-state index in [9.17, 15) is 4.79 Å². The molecule has 2 N–H and O–H groups in total. The first-order valence-corrected chi connectivity index (χ1v) is 8.06. The van der Waals surface area contributed by atoms with Crippen molar-refractivity contribution in [2.45, 2.75) is 25.8 Å². The van der Waals surface area contributed by atoms with Crippen LogP contribution in [0, 0.1) is 6.92 Å². The number of nitrogens with two attached hydrogens (primary N) is 1. The first kappa shape index (κ1) is 14.1. The number of anilines is 1. The highest BCUT2D eigenvalue weighted by molar-refractivity contribution is 7.18. The number of carbonyl (C=O) groups excluding carboxylic acids is 1. The molecule has 1 aliphatic rings. The number of hydrogen-bond acceptors (Lipinski definition) is 8. The summed E-state index contributed by atoms with van der Waals surface area (Å²) in [6, 6.07) is 1.99. The van der Waals surface area contributed by atoms with Crippen LogP contribution in [0.5, 0.6) is 0 Å². The molecule has 0 radical (unpaired) electrons. The molecule has 1 amide bonds. The number of aromatic nitrogens is 4. The lowest BCUT2D eigenvalue weighted by molar-refractivity contribution is 0.0987. The third-order valence-corrected chi connectivity index (χ3v) is 4.86. The second kappa shape index (κ2) is 5.27. The van der Waals surface area contributed by atoms with Crippen LogP contribution in [0.1, 0.15) is 40.3 Å². The zero-order valence-corrected chi connectivity index (χ0v) is 13.2. The third kappa shape index (κ3) is 2.33. The van der Waals surface area contributed by atoms with E-state index in [-0.39, 0.29) is 11.9 Å². The maximum absolute atomic E-state index is 11.2. The Kier molecular flexibility index (Phi) is 3.22. The van der Waals surface area contributed by atoms with E-state index >= 15 is 0 Å². The van der Waals surface area contributed by atoms with E-state index in [4.69, 9.17) is 10.3 Å². The molecular formula is C14H14N6O2S. The zero-order valence-electron chi connectivity index (χ0n) is 12.4. The maximum atomic E-state index is 11.2. The summed E-state index contributed by atoms with van der Waals surface area (Å²) < 4.78 is 5.23. The summed E-state index contributed by atoms with van der Waals surface area (Å²) in [4.78, 5) is 28.3. The summed E-state index contributed by atoms with van der Waals surface area (Å²) in [7, 11) is 0. The van der Waals surface area contributed by atoms with E-state index in [0.717, 1.165) is 35.4 Å². The Balaban J connectivity index is 1.75. The molecule has 8 nitrogen and oxygen atoms in total. The molecule has 3 aromatic rings. The topological polar surface area (TPSA) is 111 Å². The van der Waals surface area contributed by atoms with E-state index < -0.39 is 5.91 Å². The number of carbonyl (C=O) groups is 1. The largest absolute Gasteiger partial charge is 0.363 e. The molecule has 4 rings (SSSR count). The highest BCUT2D eigenvalue weighted by atomic mass is 32.1. The van der Waals surface area contributed by atoms with Crippen LogP contribution in [-0.2, 0) is 0 Å². The summed E-state index contributed by atoms with van der Waals surface area (Å²) in [6.07, 6.45) is 3.41. The normalized spacial score (nSPS) is 18.0. The Labute approximate surface area is 135 Å². The van der Waals surface area contributed by atoms with Gasteiger partial charge in [0.25, 0.3) is 11.7 Å². The molecule has 23 heavy (non-hydrogen) atoms. The molecule has 1 fully saturated rings. The van der Waals surface area contributed by atoms with Gasteiger partial charge in [0.05, 0.1) is 5.39 Å². The molecular weight excluding hydrogens is 316 g/mol. The van der Waals surface area contributed by atoms with E-state index in [0.29, 0.717) is 5.89 Å². The van der Waals surface area contributed by atoms with Gasteiger partial charge in [-0.25, -0.2) is 9.97 Å². The molecule has 118 valence electrons. The monoisotopic (exact) mass is 330 g/mol. The van der Waals surface area contributed by atoms with Gasteiger partial charge in [0.15, 0.2) is 0 Å². The second-order valence-electron chi connectivity index (χ2n) is 5.45. The van der Waals surface area contributed by atoms with E-state index in [1.165, 1.54) is 4.88 Å². The molecule has 3 aromatic heterocycles. The second-order valence-corrected chi connectivity index (χ2v) is 6.68. The molecule has 4 heterocycles. The maximum Gasteiger partial charge on any atom is 0.290 e. The fraction of sp³-hybridized carbons (Fsp3) is 0.357. The van der Waals surface area contributed by atoms with Gasteiger partial charge in [-0.05, 0) is 25.8 Å². The summed E-state index contributed by atoms with van der Waals surface area (Å²) >= 11 is 1.64. The molecule has 1 aliphatic heterocycles. The minimum Gasteiger partial charge on any atom is -0.363 e. The molecule has 0 unspecified atom stereocenters. The minimum atomic E-state index is -0.692. The van der Waals surface area contributed by atoms with Gasteiger partial charge in [0.1, 0.15) is 23.0 Å². The highest BCUT2D eigenvalue weighted by Crippen LogP contribution is 2.38. The van der Waals surface area contributed by atoms with Gasteiger partial charge >= 0.3 is 0 Å². The summed E-state index contributed by atoms with van der Waals surface area (Å²) in [5.41, 5.74) is 5.19. The fourth-order valence-electron chi connectivity index (χ4n) is 2.94. The van der Waals surface area contributed by atoms with Gasteiger partial charge in [-0.15, -0.1) is 11.3 Å². The predicted octanol–water partition coefficient (Wildman–Crippen LogP) is 1.82. The van der Waals surface area contributed by atoms with Crippen molar-refractivity contribution in [2.75, 3.05) is 11.4 Å². The smallest absolute Gasteiger partial charge is 0.290 e. The average molecular weight is 330 g/mol. The zero-order chi connectivity index (χ0) is 16.0. The summed E-state index contributed by atoms with van der Waals surface area (Å²) in [5, 5.41) is 4.66.